The molecule has 0 spiro atoms. The second-order valence-electron chi connectivity index (χ2n) is 4.11. The van der Waals surface area contributed by atoms with E-state index in [2.05, 4.69) is 6.92 Å². The molecule has 2 nitrogen and oxygen atoms in total. The molecule has 0 heterocycles. The van der Waals surface area contributed by atoms with Gasteiger partial charge < -0.3 is 10.5 Å². The van der Waals surface area contributed by atoms with Gasteiger partial charge in [-0.05, 0) is 31.6 Å². The lowest BCUT2D eigenvalue weighted by atomic mass is 9.79. The van der Waals surface area contributed by atoms with E-state index in [0.717, 1.165) is 31.6 Å². The number of hydrogen-bond acceptors (Lipinski definition) is 2. The lowest BCUT2D eigenvalue weighted by Crippen LogP contribution is -2.44. The van der Waals surface area contributed by atoms with Crippen molar-refractivity contribution in [2.45, 2.75) is 38.2 Å². The molecule has 0 radical (unpaired) electrons. The van der Waals surface area contributed by atoms with E-state index >= 15 is 0 Å². The van der Waals surface area contributed by atoms with Crippen LogP contribution in [0.25, 0.3) is 0 Å². The summed E-state index contributed by atoms with van der Waals surface area (Å²) in [7, 11) is 0. The summed E-state index contributed by atoms with van der Waals surface area (Å²) in [6.45, 7) is 2.57. The zero-order valence-corrected chi connectivity index (χ0v) is 8.39. The Kier molecular flexibility index (Phi) is 4.13. The maximum Gasteiger partial charge on any atom is 0.113 e. The minimum Gasteiger partial charge on any atom is -0.371 e. The van der Waals surface area contributed by atoms with E-state index < -0.39 is 6.67 Å². The maximum atomic E-state index is 12.0. The summed E-state index contributed by atoms with van der Waals surface area (Å²) >= 11 is 0. The van der Waals surface area contributed by atoms with Gasteiger partial charge in [0, 0.05) is 6.54 Å². The van der Waals surface area contributed by atoms with Gasteiger partial charge in [-0.1, -0.05) is 6.92 Å². The molecule has 0 amide bonds. The van der Waals surface area contributed by atoms with E-state index in [0.29, 0.717) is 6.54 Å². The van der Waals surface area contributed by atoms with Gasteiger partial charge in [-0.3, -0.25) is 0 Å². The summed E-state index contributed by atoms with van der Waals surface area (Å²) in [6, 6.07) is 0. The largest absolute Gasteiger partial charge is 0.371 e. The van der Waals surface area contributed by atoms with Gasteiger partial charge in [-0.25, -0.2) is 4.39 Å². The van der Waals surface area contributed by atoms with E-state index in [-0.39, 0.29) is 12.2 Å². The number of hydrogen-bond donors (Lipinski definition) is 1. The Labute approximate surface area is 79.6 Å². The first kappa shape index (κ1) is 10.9. The third kappa shape index (κ3) is 2.92. The molecule has 2 N–H and O–H groups in total. The Balaban J connectivity index is 2.40. The molecule has 0 atom stereocenters. The van der Waals surface area contributed by atoms with Crippen molar-refractivity contribution in [1.82, 2.24) is 0 Å². The van der Waals surface area contributed by atoms with Crippen LogP contribution < -0.4 is 5.73 Å². The topological polar surface area (TPSA) is 35.2 Å². The standard InChI is InChI=1S/C10H20FNO/c1-9-2-4-10(8-12,5-3-9)13-7-6-11/h9H,2-8,12H2,1H3. The van der Waals surface area contributed by atoms with E-state index in [9.17, 15) is 4.39 Å². The zero-order valence-electron chi connectivity index (χ0n) is 8.39. The molecule has 0 saturated heterocycles. The van der Waals surface area contributed by atoms with E-state index in [4.69, 9.17) is 10.5 Å². The van der Waals surface area contributed by atoms with Crippen LogP contribution >= 0.6 is 0 Å². The van der Waals surface area contributed by atoms with Crippen LogP contribution in [0, 0.1) is 5.92 Å². The summed E-state index contributed by atoms with van der Waals surface area (Å²) in [6.07, 6.45) is 4.29. The van der Waals surface area contributed by atoms with Crippen LogP contribution in [0.5, 0.6) is 0 Å². The molecule has 1 aliphatic rings. The van der Waals surface area contributed by atoms with Crippen LogP contribution in [0.1, 0.15) is 32.6 Å². The van der Waals surface area contributed by atoms with E-state index in [1.807, 2.05) is 0 Å². The van der Waals surface area contributed by atoms with Crippen molar-refractivity contribution >= 4 is 0 Å². The van der Waals surface area contributed by atoms with E-state index in [1.165, 1.54) is 0 Å². The average molecular weight is 189 g/mol. The smallest absolute Gasteiger partial charge is 0.113 e. The zero-order chi connectivity index (χ0) is 9.73. The fourth-order valence-corrected chi connectivity index (χ4v) is 1.95. The summed E-state index contributed by atoms with van der Waals surface area (Å²) in [4.78, 5) is 0. The predicted octanol–water partition coefficient (Wildman–Crippen LogP) is 1.88. The Morgan fingerprint density at radius 3 is 2.54 bits per heavy atom. The fourth-order valence-electron chi connectivity index (χ4n) is 1.95. The van der Waals surface area contributed by atoms with Crippen molar-refractivity contribution in [3.63, 3.8) is 0 Å². The normalized spacial score (nSPS) is 34.8. The number of nitrogens with two attached hydrogens (primary N) is 1. The molecule has 13 heavy (non-hydrogen) atoms. The highest BCUT2D eigenvalue weighted by atomic mass is 19.1. The highest BCUT2D eigenvalue weighted by Gasteiger charge is 2.33. The van der Waals surface area contributed by atoms with Gasteiger partial charge in [0.1, 0.15) is 6.67 Å². The monoisotopic (exact) mass is 189 g/mol. The first-order valence-corrected chi connectivity index (χ1v) is 5.12. The number of halogens is 1. The third-order valence-corrected chi connectivity index (χ3v) is 3.04. The second-order valence-corrected chi connectivity index (χ2v) is 4.11. The van der Waals surface area contributed by atoms with Crippen LogP contribution in [-0.4, -0.2) is 25.4 Å². The van der Waals surface area contributed by atoms with Crippen molar-refractivity contribution in [3.05, 3.63) is 0 Å². The lowest BCUT2D eigenvalue weighted by Gasteiger charge is -2.38. The van der Waals surface area contributed by atoms with Gasteiger partial charge in [0.2, 0.25) is 0 Å². The van der Waals surface area contributed by atoms with Crippen molar-refractivity contribution in [2.75, 3.05) is 19.8 Å². The first-order valence-electron chi connectivity index (χ1n) is 5.12. The Hall–Kier alpha value is -0.150. The summed E-state index contributed by atoms with van der Waals surface area (Å²) in [5.74, 6) is 0.772. The van der Waals surface area contributed by atoms with Crippen molar-refractivity contribution < 1.29 is 9.13 Å². The average Bonchev–Trinajstić information content (AvgIpc) is 2.18. The molecule has 1 aliphatic carbocycles. The SMILES string of the molecule is CC1CCC(CN)(OCCF)CC1. The molecule has 1 fully saturated rings. The van der Waals surface area contributed by atoms with Crippen molar-refractivity contribution in [1.29, 1.82) is 0 Å². The van der Waals surface area contributed by atoms with Crippen molar-refractivity contribution in [3.8, 4) is 0 Å². The van der Waals surface area contributed by atoms with Crippen molar-refractivity contribution in [2.24, 2.45) is 11.7 Å². The molecule has 0 bridgehead atoms. The van der Waals surface area contributed by atoms with Gasteiger partial charge >= 0.3 is 0 Å². The number of rotatable bonds is 4. The Morgan fingerprint density at radius 2 is 2.08 bits per heavy atom. The molecular weight excluding hydrogens is 169 g/mol. The molecular formula is C10H20FNO. The molecule has 0 aliphatic heterocycles. The molecule has 0 unspecified atom stereocenters. The minimum atomic E-state index is -0.405. The summed E-state index contributed by atoms with van der Waals surface area (Å²) in [5.41, 5.74) is 5.47. The van der Waals surface area contributed by atoms with Gasteiger partial charge in [0.05, 0.1) is 12.2 Å². The molecule has 0 aromatic carbocycles. The molecule has 3 heteroatoms. The highest BCUT2D eigenvalue weighted by molar-refractivity contribution is 4.87. The van der Waals surface area contributed by atoms with Crippen LogP contribution in [0.2, 0.25) is 0 Å². The Bertz CT molecular complexity index is 138. The van der Waals surface area contributed by atoms with Gasteiger partial charge in [-0.15, -0.1) is 0 Å². The quantitative estimate of drug-likeness (QED) is 0.733. The molecule has 78 valence electrons. The molecule has 1 rings (SSSR count). The van der Waals surface area contributed by atoms with Gasteiger partial charge in [0.25, 0.3) is 0 Å². The highest BCUT2D eigenvalue weighted by Crippen LogP contribution is 2.33. The van der Waals surface area contributed by atoms with Gasteiger partial charge in [-0.2, -0.15) is 0 Å². The van der Waals surface area contributed by atoms with Crippen LogP contribution in [0.4, 0.5) is 4.39 Å². The maximum absolute atomic E-state index is 12.0. The van der Waals surface area contributed by atoms with Crippen LogP contribution in [0.15, 0.2) is 0 Å². The van der Waals surface area contributed by atoms with Gasteiger partial charge in [0.15, 0.2) is 0 Å². The summed E-state index contributed by atoms with van der Waals surface area (Å²) < 4.78 is 17.5. The molecule has 0 aromatic rings. The fraction of sp³-hybridized carbons (Fsp3) is 1.00. The number of alkyl halides is 1. The Morgan fingerprint density at radius 1 is 1.46 bits per heavy atom. The second kappa shape index (κ2) is 4.91. The van der Waals surface area contributed by atoms with Crippen LogP contribution in [-0.2, 0) is 4.74 Å². The number of ether oxygens (including phenoxy) is 1. The van der Waals surface area contributed by atoms with E-state index in [1.54, 1.807) is 0 Å². The third-order valence-electron chi connectivity index (χ3n) is 3.04. The predicted molar refractivity (Wildman–Crippen MR) is 51.3 cm³/mol. The first-order chi connectivity index (χ1) is 6.22. The molecule has 1 saturated carbocycles. The molecule has 0 aromatic heterocycles. The van der Waals surface area contributed by atoms with Crippen LogP contribution in [0.3, 0.4) is 0 Å². The summed E-state index contributed by atoms with van der Waals surface area (Å²) in [5, 5.41) is 0. The lowest BCUT2D eigenvalue weighted by molar-refractivity contribution is -0.0735. The minimum absolute atomic E-state index is 0.200.